The first-order valence-electron chi connectivity index (χ1n) is 4.21. The van der Waals surface area contributed by atoms with E-state index in [-0.39, 0.29) is 11.9 Å². The first-order valence-corrected chi connectivity index (χ1v) is 4.21. The Bertz CT molecular complexity index is 207. The smallest absolute Gasteiger partial charge is 0.223 e. The maximum atomic E-state index is 11.3. The summed E-state index contributed by atoms with van der Waals surface area (Å²) >= 11 is 0. The predicted molar refractivity (Wildman–Crippen MR) is 47.2 cm³/mol. The summed E-state index contributed by atoms with van der Waals surface area (Å²) in [6.07, 6.45) is 6.97. The number of hydrogen-bond donors (Lipinski definition) is 1. The van der Waals surface area contributed by atoms with Crippen LogP contribution in [0, 0.1) is 12.3 Å². The molecule has 0 aromatic carbocycles. The molecule has 0 aromatic rings. The highest BCUT2D eigenvalue weighted by Gasteiger charge is 2.22. The van der Waals surface area contributed by atoms with E-state index in [1.165, 1.54) is 0 Å². The summed E-state index contributed by atoms with van der Waals surface area (Å²) in [5.74, 6) is 2.59. The van der Waals surface area contributed by atoms with Gasteiger partial charge in [0.1, 0.15) is 0 Å². The third-order valence-corrected chi connectivity index (χ3v) is 2.06. The van der Waals surface area contributed by atoms with Gasteiger partial charge in [-0.25, -0.2) is 0 Å². The van der Waals surface area contributed by atoms with Crippen LogP contribution < -0.4 is 5.73 Å². The summed E-state index contributed by atoms with van der Waals surface area (Å²) in [5, 5.41) is 0. The van der Waals surface area contributed by atoms with E-state index in [4.69, 9.17) is 12.2 Å². The third kappa shape index (κ3) is 2.24. The number of carbonyl (C=O) groups is 1. The fourth-order valence-corrected chi connectivity index (χ4v) is 1.35. The predicted octanol–water partition coefficient (Wildman–Crippen LogP) is -0.0406. The summed E-state index contributed by atoms with van der Waals surface area (Å²) < 4.78 is 0. The molecule has 0 unspecified atom stereocenters. The maximum absolute atomic E-state index is 11.3. The van der Waals surface area contributed by atoms with E-state index in [0.717, 1.165) is 13.0 Å². The minimum absolute atomic E-state index is 0.140. The van der Waals surface area contributed by atoms with Crippen molar-refractivity contribution in [3.05, 3.63) is 0 Å². The monoisotopic (exact) mass is 166 g/mol. The molecule has 1 amide bonds. The van der Waals surface area contributed by atoms with Gasteiger partial charge in [-0.3, -0.25) is 4.79 Å². The van der Waals surface area contributed by atoms with E-state index in [1.54, 1.807) is 4.90 Å². The fraction of sp³-hybridized carbons (Fsp3) is 0.667. The maximum Gasteiger partial charge on any atom is 0.223 e. The zero-order valence-corrected chi connectivity index (χ0v) is 7.12. The minimum Gasteiger partial charge on any atom is -0.341 e. The molecule has 0 radical (unpaired) electrons. The lowest BCUT2D eigenvalue weighted by Gasteiger charge is -2.14. The molecule has 1 saturated heterocycles. The topological polar surface area (TPSA) is 46.3 Å². The highest BCUT2D eigenvalue weighted by molar-refractivity contribution is 5.76. The van der Waals surface area contributed by atoms with Crippen molar-refractivity contribution in [2.24, 2.45) is 5.73 Å². The zero-order valence-electron chi connectivity index (χ0n) is 7.12. The highest BCUT2D eigenvalue weighted by Crippen LogP contribution is 2.08. The molecule has 0 spiro atoms. The van der Waals surface area contributed by atoms with Gasteiger partial charge in [-0.1, -0.05) is 0 Å². The quantitative estimate of drug-likeness (QED) is 0.585. The molecule has 12 heavy (non-hydrogen) atoms. The molecule has 0 bridgehead atoms. The van der Waals surface area contributed by atoms with Crippen molar-refractivity contribution < 1.29 is 4.79 Å². The molecule has 0 aromatic heterocycles. The van der Waals surface area contributed by atoms with Gasteiger partial charge in [0.2, 0.25) is 5.91 Å². The van der Waals surface area contributed by atoms with Crippen molar-refractivity contribution in [2.45, 2.75) is 25.3 Å². The van der Waals surface area contributed by atoms with Crippen molar-refractivity contribution in [3.63, 3.8) is 0 Å². The molecule has 1 fully saturated rings. The Morgan fingerprint density at radius 3 is 3.00 bits per heavy atom. The van der Waals surface area contributed by atoms with Gasteiger partial charge < -0.3 is 10.6 Å². The molecule has 0 aliphatic carbocycles. The summed E-state index contributed by atoms with van der Waals surface area (Å²) in [5.41, 5.74) is 5.66. The van der Waals surface area contributed by atoms with Crippen molar-refractivity contribution in [3.8, 4) is 12.3 Å². The average molecular weight is 166 g/mol. The standard InChI is InChI=1S/C9H14N2O/c1-2-3-4-9(12)11-6-5-8(10)7-11/h1,8H,3-7,10H2/t8-/m1/s1. The first-order chi connectivity index (χ1) is 5.74. The van der Waals surface area contributed by atoms with Gasteiger partial charge in [0.05, 0.1) is 0 Å². The van der Waals surface area contributed by atoms with Gasteiger partial charge in [0, 0.05) is 32.0 Å². The van der Waals surface area contributed by atoms with Crippen LogP contribution in [0.25, 0.3) is 0 Å². The van der Waals surface area contributed by atoms with Crippen LogP contribution in [0.4, 0.5) is 0 Å². The highest BCUT2D eigenvalue weighted by atomic mass is 16.2. The van der Waals surface area contributed by atoms with Crippen LogP contribution in [0.1, 0.15) is 19.3 Å². The van der Waals surface area contributed by atoms with Crippen molar-refractivity contribution in [1.29, 1.82) is 0 Å². The van der Waals surface area contributed by atoms with Gasteiger partial charge in [0.25, 0.3) is 0 Å². The Labute approximate surface area is 72.9 Å². The molecule has 1 heterocycles. The molecule has 0 saturated carbocycles. The second-order valence-corrected chi connectivity index (χ2v) is 3.09. The van der Waals surface area contributed by atoms with E-state index in [2.05, 4.69) is 5.92 Å². The lowest BCUT2D eigenvalue weighted by molar-refractivity contribution is -0.130. The fourth-order valence-electron chi connectivity index (χ4n) is 1.35. The summed E-state index contributed by atoms with van der Waals surface area (Å²) in [7, 11) is 0. The SMILES string of the molecule is C#CCCC(=O)N1CC[C@@H](N)C1. The van der Waals surface area contributed by atoms with Crippen LogP contribution in [0.15, 0.2) is 0 Å². The molecule has 1 aliphatic rings. The Morgan fingerprint density at radius 2 is 2.50 bits per heavy atom. The van der Waals surface area contributed by atoms with E-state index < -0.39 is 0 Å². The van der Waals surface area contributed by atoms with Gasteiger partial charge >= 0.3 is 0 Å². The van der Waals surface area contributed by atoms with E-state index in [1.807, 2.05) is 0 Å². The molecule has 1 atom stereocenters. The number of terminal acetylenes is 1. The van der Waals surface area contributed by atoms with Crippen LogP contribution in [0.5, 0.6) is 0 Å². The van der Waals surface area contributed by atoms with Crippen molar-refractivity contribution >= 4 is 5.91 Å². The van der Waals surface area contributed by atoms with E-state index in [0.29, 0.717) is 19.4 Å². The summed E-state index contributed by atoms with van der Waals surface area (Å²) in [6, 6.07) is 0.166. The average Bonchev–Trinajstić information content (AvgIpc) is 2.47. The number of hydrogen-bond acceptors (Lipinski definition) is 2. The Kier molecular flexibility index (Phi) is 3.12. The Morgan fingerprint density at radius 1 is 1.75 bits per heavy atom. The van der Waals surface area contributed by atoms with E-state index >= 15 is 0 Å². The number of likely N-dealkylation sites (tertiary alicyclic amines) is 1. The number of rotatable bonds is 2. The van der Waals surface area contributed by atoms with Gasteiger partial charge in [-0.05, 0) is 6.42 Å². The van der Waals surface area contributed by atoms with Crippen LogP contribution in [-0.4, -0.2) is 29.9 Å². The molecule has 1 aliphatic heterocycles. The summed E-state index contributed by atoms with van der Waals surface area (Å²) in [4.78, 5) is 13.1. The van der Waals surface area contributed by atoms with Crippen molar-refractivity contribution in [1.82, 2.24) is 4.90 Å². The van der Waals surface area contributed by atoms with Crippen LogP contribution in [-0.2, 0) is 4.79 Å². The number of amides is 1. The second kappa shape index (κ2) is 4.13. The number of nitrogens with zero attached hydrogens (tertiary/aromatic N) is 1. The molecule has 1 rings (SSSR count). The normalized spacial score (nSPS) is 22.3. The first kappa shape index (κ1) is 9.08. The zero-order chi connectivity index (χ0) is 8.97. The number of nitrogens with two attached hydrogens (primary N) is 1. The minimum atomic E-state index is 0.140. The van der Waals surface area contributed by atoms with Gasteiger partial charge in [0.15, 0.2) is 0 Å². The van der Waals surface area contributed by atoms with Crippen LogP contribution >= 0.6 is 0 Å². The Balaban J connectivity index is 2.29. The molecule has 3 nitrogen and oxygen atoms in total. The third-order valence-electron chi connectivity index (χ3n) is 2.06. The van der Waals surface area contributed by atoms with Crippen LogP contribution in [0.2, 0.25) is 0 Å². The second-order valence-electron chi connectivity index (χ2n) is 3.09. The van der Waals surface area contributed by atoms with Gasteiger partial charge in [-0.15, -0.1) is 12.3 Å². The lowest BCUT2D eigenvalue weighted by Crippen LogP contribution is -2.31. The van der Waals surface area contributed by atoms with Crippen molar-refractivity contribution in [2.75, 3.05) is 13.1 Å². The lowest BCUT2D eigenvalue weighted by atomic mass is 10.3. The Hall–Kier alpha value is -1.01. The summed E-state index contributed by atoms with van der Waals surface area (Å²) in [6.45, 7) is 1.49. The largest absolute Gasteiger partial charge is 0.341 e. The molecular weight excluding hydrogens is 152 g/mol. The molecule has 2 N–H and O–H groups in total. The molecular formula is C9H14N2O. The van der Waals surface area contributed by atoms with Crippen LogP contribution in [0.3, 0.4) is 0 Å². The van der Waals surface area contributed by atoms with Gasteiger partial charge in [-0.2, -0.15) is 0 Å². The molecule has 66 valence electrons. The van der Waals surface area contributed by atoms with E-state index in [9.17, 15) is 4.79 Å². The number of carbonyl (C=O) groups excluding carboxylic acids is 1. The molecule has 3 heteroatoms.